The predicted octanol–water partition coefficient (Wildman–Crippen LogP) is 2.54. The summed E-state index contributed by atoms with van der Waals surface area (Å²) in [7, 11) is 1.58. The lowest BCUT2D eigenvalue weighted by Crippen LogP contribution is -2.44. The first-order valence-corrected chi connectivity index (χ1v) is 12.1. The van der Waals surface area contributed by atoms with Crippen LogP contribution in [0.2, 0.25) is 0 Å². The Morgan fingerprint density at radius 3 is 2.43 bits per heavy atom. The summed E-state index contributed by atoms with van der Waals surface area (Å²) in [5.74, 6) is -0.529. The predicted molar refractivity (Wildman–Crippen MR) is 129 cm³/mol. The van der Waals surface area contributed by atoms with Crippen LogP contribution in [0.25, 0.3) is 11.0 Å². The average molecular weight is 487 g/mol. The number of amides is 3. The van der Waals surface area contributed by atoms with Gasteiger partial charge in [-0.05, 0) is 63.6 Å². The van der Waals surface area contributed by atoms with E-state index >= 15 is 0 Å². The summed E-state index contributed by atoms with van der Waals surface area (Å²) in [4.78, 5) is 51.7. The third kappa shape index (κ3) is 5.27. The summed E-state index contributed by atoms with van der Waals surface area (Å²) in [5, 5.41) is 2.35. The second kappa shape index (κ2) is 9.85. The van der Waals surface area contributed by atoms with Gasteiger partial charge in [-0.3, -0.25) is 24.0 Å². The second-order valence-corrected chi connectivity index (χ2v) is 10.3. The van der Waals surface area contributed by atoms with Crippen molar-refractivity contribution < 1.29 is 23.9 Å². The van der Waals surface area contributed by atoms with Gasteiger partial charge in [-0.15, -0.1) is 0 Å². The third-order valence-corrected chi connectivity index (χ3v) is 6.65. The van der Waals surface area contributed by atoms with E-state index in [1.165, 1.54) is 4.57 Å². The zero-order chi connectivity index (χ0) is 25.3. The molecule has 2 aromatic rings. The van der Waals surface area contributed by atoms with Crippen molar-refractivity contribution in [1.82, 2.24) is 19.4 Å². The number of hydrogen-bond acceptors (Lipinski definition) is 6. The van der Waals surface area contributed by atoms with Gasteiger partial charge in [0.25, 0.3) is 0 Å². The fraction of sp³-hybridized carbons (Fsp3) is 0.600. The zero-order valence-electron chi connectivity index (χ0n) is 20.8. The number of imide groups is 1. The monoisotopic (exact) mass is 486 g/mol. The van der Waals surface area contributed by atoms with E-state index in [9.17, 15) is 19.2 Å². The van der Waals surface area contributed by atoms with Crippen molar-refractivity contribution in [2.75, 3.05) is 26.8 Å². The second-order valence-electron chi connectivity index (χ2n) is 10.3. The first-order chi connectivity index (χ1) is 16.6. The van der Waals surface area contributed by atoms with Gasteiger partial charge in [-0.2, -0.15) is 0 Å². The van der Waals surface area contributed by atoms with Crippen molar-refractivity contribution in [2.24, 2.45) is 0 Å². The number of fused-ring (bicyclic) bond motifs is 1. The molecule has 2 aliphatic heterocycles. The number of carbonyl (C=O) groups is 3. The van der Waals surface area contributed by atoms with Crippen LogP contribution >= 0.6 is 0 Å². The van der Waals surface area contributed by atoms with Gasteiger partial charge in [0.1, 0.15) is 11.6 Å². The molecule has 1 aromatic carbocycles. The fourth-order valence-corrected chi connectivity index (χ4v) is 4.90. The molecule has 4 rings (SSSR count). The van der Waals surface area contributed by atoms with Crippen molar-refractivity contribution in [3.63, 3.8) is 0 Å². The maximum atomic E-state index is 13.4. The molecule has 190 valence electrons. The Bertz CT molecular complexity index is 1180. The molecule has 2 saturated heterocycles. The van der Waals surface area contributed by atoms with Crippen LogP contribution in [0.15, 0.2) is 23.0 Å². The molecule has 0 radical (unpaired) electrons. The Balaban J connectivity index is 1.61. The number of piperidine rings is 2. The van der Waals surface area contributed by atoms with Crippen molar-refractivity contribution in [1.29, 1.82) is 0 Å². The van der Waals surface area contributed by atoms with Crippen LogP contribution < -0.4 is 11.0 Å². The summed E-state index contributed by atoms with van der Waals surface area (Å²) < 4.78 is 13.9. The maximum absolute atomic E-state index is 13.4. The lowest BCUT2D eigenvalue weighted by molar-refractivity contribution is -0.135. The number of nitrogens with zero attached hydrogens (tertiary/aromatic N) is 3. The van der Waals surface area contributed by atoms with Crippen LogP contribution in [0.4, 0.5) is 4.79 Å². The molecule has 0 aliphatic carbocycles. The van der Waals surface area contributed by atoms with Crippen molar-refractivity contribution in [3.05, 3.63) is 34.2 Å². The van der Waals surface area contributed by atoms with Crippen LogP contribution in [0.1, 0.15) is 64.0 Å². The van der Waals surface area contributed by atoms with Gasteiger partial charge in [0.15, 0.2) is 0 Å². The van der Waals surface area contributed by atoms with E-state index < -0.39 is 17.6 Å². The molecule has 0 saturated carbocycles. The highest BCUT2D eigenvalue weighted by molar-refractivity contribution is 6.00. The first kappa shape index (κ1) is 25.0. The molecule has 2 aliphatic rings. The smallest absolute Gasteiger partial charge is 0.410 e. The molecule has 1 N–H and O–H groups in total. The van der Waals surface area contributed by atoms with Gasteiger partial charge in [-0.1, -0.05) is 6.07 Å². The standard InChI is InChI=1S/C25H34N4O6/c1-25(2,3)35-24(33)27-11-9-16(10-12-27)17-5-6-18-20(15-17)28(13-14-34-4)23(32)29(18)19-7-8-21(30)26-22(19)31/h5-6,15-16,19H,7-14H2,1-4H3,(H,26,30,31). The zero-order valence-corrected chi connectivity index (χ0v) is 20.8. The Morgan fingerprint density at radius 1 is 1.09 bits per heavy atom. The molecular weight excluding hydrogens is 452 g/mol. The van der Waals surface area contributed by atoms with Gasteiger partial charge < -0.3 is 14.4 Å². The molecule has 35 heavy (non-hydrogen) atoms. The van der Waals surface area contributed by atoms with Gasteiger partial charge in [-0.25, -0.2) is 9.59 Å². The highest BCUT2D eigenvalue weighted by Gasteiger charge is 2.32. The molecule has 2 fully saturated rings. The van der Waals surface area contributed by atoms with E-state index in [0.29, 0.717) is 38.2 Å². The van der Waals surface area contributed by atoms with Crippen LogP contribution in [0.5, 0.6) is 0 Å². The average Bonchev–Trinajstić information content (AvgIpc) is 3.07. The number of methoxy groups -OCH3 is 1. The van der Waals surface area contributed by atoms with E-state index in [4.69, 9.17) is 9.47 Å². The molecule has 10 nitrogen and oxygen atoms in total. The molecule has 3 amide bonds. The van der Waals surface area contributed by atoms with Crippen LogP contribution in [0.3, 0.4) is 0 Å². The van der Waals surface area contributed by atoms with E-state index in [2.05, 4.69) is 5.32 Å². The van der Waals surface area contributed by atoms with Crippen molar-refractivity contribution in [2.45, 2.75) is 70.6 Å². The van der Waals surface area contributed by atoms with Crippen LogP contribution in [-0.2, 0) is 25.6 Å². The normalized spacial score (nSPS) is 19.8. The number of imidazole rings is 1. The van der Waals surface area contributed by atoms with Gasteiger partial charge >= 0.3 is 11.8 Å². The number of aromatic nitrogens is 2. The number of benzene rings is 1. The quantitative estimate of drug-likeness (QED) is 0.650. The molecule has 1 aromatic heterocycles. The molecule has 1 atom stereocenters. The number of carbonyl (C=O) groups excluding carboxylic acids is 3. The SMILES string of the molecule is COCCn1c(=O)n(C2CCC(=O)NC2=O)c2ccc(C3CCN(C(=O)OC(C)(C)C)CC3)cc21. The summed E-state index contributed by atoms with van der Waals surface area (Å²) in [6.07, 6.45) is 1.78. The number of ether oxygens (including phenoxy) is 2. The summed E-state index contributed by atoms with van der Waals surface area (Å²) >= 11 is 0. The Kier molecular flexibility index (Phi) is 7.02. The molecule has 3 heterocycles. The van der Waals surface area contributed by atoms with E-state index in [1.54, 1.807) is 16.6 Å². The minimum Gasteiger partial charge on any atom is -0.444 e. The summed E-state index contributed by atoms with van der Waals surface area (Å²) in [5.41, 5.74) is 1.68. The fourth-order valence-electron chi connectivity index (χ4n) is 4.90. The minimum absolute atomic E-state index is 0.196. The third-order valence-electron chi connectivity index (χ3n) is 6.65. The van der Waals surface area contributed by atoms with Gasteiger partial charge in [0.2, 0.25) is 11.8 Å². The van der Waals surface area contributed by atoms with Crippen LogP contribution in [-0.4, -0.2) is 64.3 Å². The Hall–Kier alpha value is -3.14. The topological polar surface area (TPSA) is 112 Å². The van der Waals surface area contributed by atoms with Crippen LogP contribution in [0, 0.1) is 0 Å². The minimum atomic E-state index is -0.727. The maximum Gasteiger partial charge on any atom is 0.410 e. The summed E-state index contributed by atoms with van der Waals surface area (Å²) in [6.45, 7) is 7.49. The highest BCUT2D eigenvalue weighted by Crippen LogP contribution is 2.32. The number of nitrogens with one attached hydrogen (secondary N) is 1. The highest BCUT2D eigenvalue weighted by atomic mass is 16.6. The van der Waals surface area contributed by atoms with Crippen molar-refractivity contribution >= 4 is 28.9 Å². The van der Waals surface area contributed by atoms with Crippen molar-refractivity contribution in [3.8, 4) is 0 Å². The summed E-state index contributed by atoms with van der Waals surface area (Å²) in [6, 6.07) is 5.18. The lowest BCUT2D eigenvalue weighted by Gasteiger charge is -2.33. The Labute approximate surface area is 204 Å². The van der Waals surface area contributed by atoms with E-state index in [-0.39, 0.29) is 30.0 Å². The molecule has 10 heteroatoms. The molecule has 1 unspecified atom stereocenters. The lowest BCUT2D eigenvalue weighted by atomic mass is 9.89. The molecular formula is C25H34N4O6. The number of likely N-dealkylation sites (tertiary alicyclic amines) is 1. The number of rotatable bonds is 5. The number of hydrogen-bond donors (Lipinski definition) is 1. The Morgan fingerprint density at radius 2 is 1.80 bits per heavy atom. The first-order valence-electron chi connectivity index (χ1n) is 12.1. The van der Waals surface area contributed by atoms with E-state index in [0.717, 1.165) is 23.9 Å². The van der Waals surface area contributed by atoms with Gasteiger partial charge in [0, 0.05) is 26.6 Å². The molecule has 0 bridgehead atoms. The molecule has 0 spiro atoms. The van der Waals surface area contributed by atoms with Gasteiger partial charge in [0.05, 0.1) is 24.2 Å². The van der Waals surface area contributed by atoms with E-state index in [1.807, 2.05) is 39.0 Å². The largest absolute Gasteiger partial charge is 0.444 e.